The summed E-state index contributed by atoms with van der Waals surface area (Å²) in [6, 6.07) is 7.44. The van der Waals surface area contributed by atoms with Gasteiger partial charge in [-0.25, -0.2) is 9.37 Å². The first-order valence-electron chi connectivity index (χ1n) is 15.5. The van der Waals surface area contributed by atoms with E-state index >= 15 is 4.79 Å². The highest BCUT2D eigenvalue weighted by atomic mass is 35.5. The number of hydrogen-bond donors (Lipinski definition) is 1. The highest BCUT2D eigenvalue weighted by Crippen LogP contribution is 2.46. The van der Waals surface area contributed by atoms with E-state index in [0.717, 1.165) is 16.9 Å². The summed E-state index contributed by atoms with van der Waals surface area (Å²) < 4.78 is 17.0. The van der Waals surface area contributed by atoms with Crippen LogP contribution in [0.4, 0.5) is 20.9 Å². The summed E-state index contributed by atoms with van der Waals surface area (Å²) in [5, 5.41) is 1.21. The van der Waals surface area contributed by atoms with Crippen LogP contribution >= 0.6 is 22.9 Å². The lowest BCUT2D eigenvalue weighted by atomic mass is 9.95. The molecule has 246 valence electrons. The zero-order valence-corrected chi connectivity index (χ0v) is 28.6. The van der Waals surface area contributed by atoms with Crippen molar-refractivity contribution in [3.8, 4) is 16.8 Å². The monoisotopic (exact) mass is 685 g/mol. The maximum atomic E-state index is 15.0. The fourth-order valence-electron chi connectivity index (χ4n) is 7.08. The molecule has 5 aromatic rings. The number of rotatable bonds is 4. The maximum absolute atomic E-state index is 15.0. The number of likely N-dealkylation sites (N-methyl/N-ethyl adjacent to an activating group) is 1. The van der Waals surface area contributed by atoms with E-state index in [4.69, 9.17) is 17.3 Å². The number of carbonyl (C=O) groups excluding carboxylic acids is 2. The first-order valence-corrected chi connectivity index (χ1v) is 16.7. The fourth-order valence-corrected chi connectivity index (χ4v) is 8.22. The number of anilines is 3. The Labute approximate surface area is 284 Å². The minimum Gasteiger partial charge on any atom is -0.375 e. The topological polar surface area (TPSA) is 118 Å². The van der Waals surface area contributed by atoms with Crippen molar-refractivity contribution in [1.29, 1.82) is 0 Å². The number of aryl methyl sites for hydroxylation is 1. The lowest BCUT2D eigenvalue weighted by Gasteiger charge is -2.50. The molecule has 0 saturated carbocycles. The minimum absolute atomic E-state index is 0.0402. The van der Waals surface area contributed by atoms with Crippen LogP contribution < -0.4 is 21.1 Å². The number of nitrogens with zero attached hydrogens (tertiary/aromatic N) is 6. The molecule has 2 aliphatic heterocycles. The van der Waals surface area contributed by atoms with Crippen LogP contribution in [0.2, 0.25) is 5.02 Å². The molecule has 48 heavy (non-hydrogen) atoms. The number of thiazole rings is 1. The number of fused-ring (bicyclic) bond motifs is 6. The second kappa shape index (κ2) is 11.4. The van der Waals surface area contributed by atoms with E-state index in [1.54, 1.807) is 34.8 Å². The summed E-state index contributed by atoms with van der Waals surface area (Å²) in [6.07, 6.45) is 2.97. The van der Waals surface area contributed by atoms with Gasteiger partial charge in [0.25, 0.3) is 11.5 Å². The predicted molar refractivity (Wildman–Crippen MR) is 190 cm³/mol. The van der Waals surface area contributed by atoms with E-state index < -0.39 is 17.4 Å². The van der Waals surface area contributed by atoms with Gasteiger partial charge in [-0.15, -0.1) is 0 Å². The van der Waals surface area contributed by atoms with E-state index in [2.05, 4.69) is 16.5 Å². The Morgan fingerprint density at radius 3 is 2.60 bits per heavy atom. The molecule has 2 N–H and O–H groups in total. The van der Waals surface area contributed by atoms with Crippen molar-refractivity contribution in [3.63, 3.8) is 0 Å². The maximum Gasteiger partial charge on any atom is 0.281 e. The summed E-state index contributed by atoms with van der Waals surface area (Å²) in [7, 11) is 1.59. The average Bonchev–Trinajstić information content (AvgIpc) is 3.45. The van der Waals surface area contributed by atoms with Gasteiger partial charge in [-0.1, -0.05) is 43.4 Å². The van der Waals surface area contributed by atoms with Crippen molar-refractivity contribution in [3.05, 3.63) is 81.6 Å². The highest BCUT2D eigenvalue weighted by molar-refractivity contribution is 7.22. The van der Waals surface area contributed by atoms with Crippen molar-refractivity contribution in [2.75, 3.05) is 35.7 Å². The average molecular weight is 686 g/mol. The fraction of sp³-hybridized carbons (Fsp3) is 0.286. The van der Waals surface area contributed by atoms with Gasteiger partial charge in [-0.05, 0) is 61.7 Å². The number of halogens is 2. The smallest absolute Gasteiger partial charge is 0.281 e. The van der Waals surface area contributed by atoms with Gasteiger partial charge in [-0.2, -0.15) is 0 Å². The van der Waals surface area contributed by atoms with Crippen molar-refractivity contribution in [1.82, 2.24) is 19.4 Å². The van der Waals surface area contributed by atoms with Crippen LogP contribution in [0, 0.1) is 12.7 Å². The Kier molecular flexibility index (Phi) is 7.56. The van der Waals surface area contributed by atoms with E-state index in [1.165, 1.54) is 17.0 Å². The van der Waals surface area contributed by atoms with Gasteiger partial charge in [0, 0.05) is 47.4 Å². The zero-order valence-electron chi connectivity index (χ0n) is 27.0. The van der Waals surface area contributed by atoms with Crippen LogP contribution in [0.25, 0.3) is 37.9 Å². The third-order valence-corrected chi connectivity index (χ3v) is 10.6. The molecule has 2 aromatic carbocycles. The van der Waals surface area contributed by atoms with Gasteiger partial charge < -0.3 is 20.4 Å². The van der Waals surface area contributed by atoms with E-state index in [1.807, 2.05) is 44.7 Å². The summed E-state index contributed by atoms with van der Waals surface area (Å²) in [5.41, 5.74) is 10.4. The van der Waals surface area contributed by atoms with Gasteiger partial charge >= 0.3 is 0 Å². The number of carbonyl (C=O) groups is 2. The van der Waals surface area contributed by atoms with Gasteiger partial charge in [-0.3, -0.25) is 23.9 Å². The largest absolute Gasteiger partial charge is 0.375 e. The molecule has 0 spiro atoms. The zero-order chi connectivity index (χ0) is 34.3. The van der Waals surface area contributed by atoms with Gasteiger partial charge in [0.05, 0.1) is 33.8 Å². The summed E-state index contributed by atoms with van der Waals surface area (Å²) in [5.74, 6) is -1.11. The normalized spacial score (nSPS) is 17.8. The number of aromatic nitrogens is 3. The first-order chi connectivity index (χ1) is 22.8. The molecular formula is C35H33ClFN7O3S. The number of benzene rings is 2. The summed E-state index contributed by atoms with van der Waals surface area (Å²) in [4.78, 5) is 55.6. The lowest BCUT2D eigenvalue weighted by Crippen LogP contribution is -2.66. The molecule has 1 saturated heterocycles. The molecule has 1 fully saturated rings. The molecule has 0 bridgehead atoms. The van der Waals surface area contributed by atoms with Crippen LogP contribution in [0.5, 0.6) is 0 Å². The number of nitrogen functional groups attached to an aromatic ring is 1. The minimum atomic E-state index is -0.734. The second-order valence-electron chi connectivity index (χ2n) is 12.6. The third-order valence-electron chi connectivity index (χ3n) is 9.37. The number of hydrogen-bond acceptors (Lipinski definition) is 8. The van der Waals surface area contributed by atoms with Crippen LogP contribution in [-0.2, 0) is 9.59 Å². The number of nitrogens with two attached hydrogens (primary N) is 1. The quantitative estimate of drug-likeness (QED) is 0.229. The molecule has 2 atom stereocenters. The first kappa shape index (κ1) is 31.8. The van der Waals surface area contributed by atoms with Gasteiger partial charge in [0.15, 0.2) is 5.13 Å². The molecule has 3 aromatic heterocycles. The van der Waals surface area contributed by atoms with Crippen molar-refractivity contribution in [2.45, 2.75) is 45.7 Å². The second-order valence-corrected chi connectivity index (χ2v) is 14.1. The van der Waals surface area contributed by atoms with Crippen LogP contribution in [0.15, 0.2) is 54.0 Å². The van der Waals surface area contributed by atoms with E-state index in [9.17, 15) is 14.0 Å². The Bertz CT molecular complexity index is 2280. The van der Waals surface area contributed by atoms with Crippen LogP contribution in [0.3, 0.4) is 0 Å². The van der Waals surface area contributed by atoms with E-state index in [0.29, 0.717) is 55.4 Å². The third kappa shape index (κ3) is 4.61. The van der Waals surface area contributed by atoms with Crippen molar-refractivity contribution < 1.29 is 14.0 Å². The molecule has 2 unspecified atom stereocenters. The molecular weight excluding hydrogens is 653 g/mol. The Morgan fingerprint density at radius 2 is 1.90 bits per heavy atom. The summed E-state index contributed by atoms with van der Waals surface area (Å²) in [6.45, 7) is 11.9. The predicted octanol–water partition coefficient (Wildman–Crippen LogP) is 6.04. The molecule has 10 nitrogen and oxygen atoms in total. The van der Waals surface area contributed by atoms with Gasteiger partial charge in [0.2, 0.25) is 5.91 Å². The Balaban J connectivity index is 1.61. The molecule has 2 aliphatic rings. The molecule has 13 heteroatoms. The van der Waals surface area contributed by atoms with Crippen molar-refractivity contribution >= 4 is 72.4 Å². The number of pyridine rings is 2. The van der Waals surface area contributed by atoms with Crippen LogP contribution in [-0.4, -0.2) is 63.5 Å². The Hall–Kier alpha value is -4.81. The van der Waals surface area contributed by atoms with Crippen LogP contribution in [0.1, 0.15) is 37.9 Å². The van der Waals surface area contributed by atoms with Crippen molar-refractivity contribution in [2.24, 2.45) is 0 Å². The lowest BCUT2D eigenvalue weighted by molar-refractivity contribution is -0.130. The molecule has 7 rings (SSSR count). The highest BCUT2D eigenvalue weighted by Gasteiger charge is 2.46. The molecule has 0 radical (unpaired) electrons. The SMILES string of the molecule is C=CC(=O)N1CC2C(=O)N(C)c3c(c4cc(Cl)c(-c5ccc(F)c6nc(N)sc56)cc4n(-c4c(C)ccnc4C(C)C)c3=O)N2CC1C. The Morgan fingerprint density at radius 1 is 1.15 bits per heavy atom. The van der Waals surface area contributed by atoms with E-state index in [-0.39, 0.29) is 46.7 Å². The number of piperazine rings is 1. The number of amides is 2. The van der Waals surface area contributed by atoms with Gasteiger partial charge in [0.1, 0.15) is 23.1 Å². The molecule has 2 amide bonds. The summed E-state index contributed by atoms with van der Waals surface area (Å²) >= 11 is 8.28. The molecule has 5 heterocycles. The molecule has 0 aliphatic carbocycles. The standard InChI is InChI=1S/C35H33ClFN7O3S/c1-7-26(45)42-15-25-33(46)41(6)31-30(43(25)14-18(42)5)21-12-22(36)20(19-8-9-23(37)28-32(19)48-35(38)40-28)13-24(21)44(34(31)47)29-17(4)10-11-39-27(29)16(2)3/h7-13,16,18,25H,1,14-15H2,2-6H3,(H2,38,40).